The number of carbonyl (C=O) groups is 3. The smallest absolute Gasteiger partial charge is 0.506 e. The Morgan fingerprint density at radius 2 is 1.73 bits per heavy atom. The predicted molar refractivity (Wildman–Crippen MR) is 95.2 cm³/mol. The molecule has 0 radical (unpaired) electrons. The van der Waals surface area contributed by atoms with Crippen LogP contribution >= 0.6 is 0 Å². The Morgan fingerprint density at radius 1 is 1.13 bits per heavy atom. The second-order valence-corrected chi connectivity index (χ2v) is 6.54. The van der Waals surface area contributed by atoms with Crippen LogP contribution in [0.5, 0.6) is 11.5 Å². The molecule has 0 aliphatic heterocycles. The van der Waals surface area contributed by atoms with E-state index in [-0.39, 0.29) is 16.9 Å². The number of carbonyl (C=O) groups excluding carboxylic acids is 3. The van der Waals surface area contributed by atoms with Crippen molar-refractivity contribution in [3.05, 3.63) is 29.5 Å². The fourth-order valence-corrected chi connectivity index (χ4v) is 2.91. The van der Waals surface area contributed by atoms with Crippen molar-refractivity contribution in [1.82, 2.24) is 0 Å². The summed E-state index contributed by atoms with van der Waals surface area (Å²) in [4.78, 5) is 34.9. The van der Waals surface area contributed by atoms with Gasteiger partial charge in [-0.3, -0.25) is 9.59 Å². The zero-order valence-electron chi connectivity index (χ0n) is 16.2. The SMILES string of the molecule is COc1c(F)c(F)cc2c(O)c(C(=O)OB(OC(C)=O)OC(C)=O)c[n+](C3CC3)c12. The molecule has 1 aromatic heterocycles. The molecule has 30 heavy (non-hydrogen) atoms. The molecule has 3 rings (SSSR count). The largest absolute Gasteiger partial charge is 0.870 e. The molecule has 1 aliphatic rings. The Hall–Kier alpha value is -3.44. The number of ether oxygens (including phenoxy) is 1. The molecule has 0 unspecified atom stereocenters. The van der Waals surface area contributed by atoms with Gasteiger partial charge in [0.25, 0.3) is 17.5 Å². The fourth-order valence-electron chi connectivity index (χ4n) is 2.91. The Balaban J connectivity index is 2.11. The molecule has 1 saturated carbocycles. The number of hydrogen-bond donors (Lipinski definition) is 1. The quantitative estimate of drug-likeness (QED) is 0.551. The Morgan fingerprint density at radius 3 is 2.23 bits per heavy atom. The van der Waals surface area contributed by atoms with E-state index in [1.54, 1.807) is 0 Å². The van der Waals surface area contributed by atoms with Crippen LogP contribution in [0.25, 0.3) is 10.9 Å². The van der Waals surface area contributed by atoms with Gasteiger partial charge in [-0.15, -0.1) is 0 Å². The number of methoxy groups -OCH3 is 1. The first-order chi connectivity index (χ1) is 14.1. The predicted octanol–water partition coefficient (Wildman–Crippen LogP) is 1.72. The molecule has 0 bridgehead atoms. The summed E-state index contributed by atoms with van der Waals surface area (Å²) < 4.78 is 48.8. The average molecular weight is 424 g/mol. The van der Waals surface area contributed by atoms with Gasteiger partial charge in [-0.05, 0) is 6.07 Å². The van der Waals surface area contributed by atoms with Crippen molar-refractivity contribution in [3.8, 4) is 11.5 Å². The second kappa shape index (κ2) is 8.13. The number of aromatic hydroxyl groups is 1. The van der Waals surface area contributed by atoms with E-state index in [0.29, 0.717) is 12.8 Å². The third-order valence-corrected chi connectivity index (χ3v) is 4.28. The third kappa shape index (κ3) is 4.12. The minimum atomic E-state index is -1.99. The minimum Gasteiger partial charge on any atom is -0.506 e. The molecule has 1 heterocycles. The highest BCUT2D eigenvalue weighted by Crippen LogP contribution is 2.39. The molecule has 1 N–H and O–H groups in total. The van der Waals surface area contributed by atoms with Crippen molar-refractivity contribution in [2.45, 2.75) is 32.7 Å². The molecular weight excluding hydrogens is 407 g/mol. The van der Waals surface area contributed by atoms with E-state index >= 15 is 0 Å². The molecular formula is C18H17BF2NO8+. The molecule has 0 amide bonds. The summed E-state index contributed by atoms with van der Waals surface area (Å²) in [5, 5.41) is 10.4. The molecule has 158 valence electrons. The molecule has 0 spiro atoms. The molecule has 9 nitrogen and oxygen atoms in total. The van der Waals surface area contributed by atoms with Gasteiger partial charge < -0.3 is 23.8 Å². The Labute approximate surface area is 169 Å². The normalized spacial score (nSPS) is 13.0. The topological polar surface area (TPSA) is 112 Å². The van der Waals surface area contributed by atoms with Crippen LogP contribution in [0.15, 0.2) is 12.3 Å². The number of halogens is 2. The summed E-state index contributed by atoms with van der Waals surface area (Å²) in [7, 11) is -0.840. The maximum atomic E-state index is 14.2. The maximum absolute atomic E-state index is 14.2. The monoisotopic (exact) mass is 424 g/mol. The summed E-state index contributed by atoms with van der Waals surface area (Å²) in [5.41, 5.74) is -0.378. The molecule has 1 aromatic carbocycles. The first-order valence-electron chi connectivity index (χ1n) is 8.82. The van der Waals surface area contributed by atoms with Crippen molar-refractivity contribution < 1.29 is 51.5 Å². The van der Waals surface area contributed by atoms with E-state index in [1.165, 1.54) is 10.8 Å². The number of hydrogen-bond acceptors (Lipinski definition) is 8. The summed E-state index contributed by atoms with van der Waals surface area (Å²) in [6.07, 6.45) is 2.59. The minimum absolute atomic E-state index is 0.0597. The average Bonchev–Trinajstić information content (AvgIpc) is 3.47. The number of pyridine rings is 1. The summed E-state index contributed by atoms with van der Waals surface area (Å²) >= 11 is 0. The fraction of sp³-hybridized carbons (Fsp3) is 0.333. The van der Waals surface area contributed by atoms with Crippen LogP contribution in [0.1, 0.15) is 43.1 Å². The van der Waals surface area contributed by atoms with Gasteiger partial charge in [-0.25, -0.2) is 9.18 Å². The molecule has 1 aliphatic carbocycles. The number of benzene rings is 1. The van der Waals surface area contributed by atoms with Gasteiger partial charge in [0.1, 0.15) is 5.75 Å². The van der Waals surface area contributed by atoms with Crippen molar-refractivity contribution in [2.75, 3.05) is 7.11 Å². The van der Waals surface area contributed by atoms with E-state index < -0.39 is 53.9 Å². The Kier molecular flexibility index (Phi) is 5.77. The van der Waals surface area contributed by atoms with E-state index in [9.17, 15) is 28.3 Å². The van der Waals surface area contributed by atoms with Crippen LogP contribution in [0, 0.1) is 11.6 Å². The van der Waals surface area contributed by atoms with E-state index in [4.69, 9.17) is 9.39 Å². The summed E-state index contributed by atoms with van der Waals surface area (Å²) in [6.45, 7) is 2.00. The van der Waals surface area contributed by atoms with E-state index in [1.807, 2.05) is 0 Å². The van der Waals surface area contributed by atoms with Crippen LogP contribution < -0.4 is 9.30 Å². The Bertz CT molecular complexity index is 1040. The molecule has 12 heteroatoms. The van der Waals surface area contributed by atoms with Crippen LogP contribution in [0.2, 0.25) is 0 Å². The van der Waals surface area contributed by atoms with E-state index in [0.717, 1.165) is 27.0 Å². The van der Waals surface area contributed by atoms with Gasteiger partial charge in [-0.2, -0.15) is 8.96 Å². The van der Waals surface area contributed by atoms with Crippen molar-refractivity contribution in [1.29, 1.82) is 0 Å². The van der Waals surface area contributed by atoms with Gasteiger partial charge in [0.2, 0.25) is 11.6 Å². The van der Waals surface area contributed by atoms with Crippen LogP contribution in [-0.4, -0.2) is 37.4 Å². The van der Waals surface area contributed by atoms with Gasteiger partial charge in [0.05, 0.1) is 12.5 Å². The second-order valence-electron chi connectivity index (χ2n) is 6.54. The zero-order valence-corrected chi connectivity index (χ0v) is 16.2. The summed E-state index contributed by atoms with van der Waals surface area (Å²) in [5.74, 6) is -6.68. The molecule has 2 aromatic rings. The van der Waals surface area contributed by atoms with Crippen molar-refractivity contribution >= 4 is 36.1 Å². The molecule has 0 atom stereocenters. The highest BCUT2D eigenvalue weighted by atomic mass is 19.2. The highest BCUT2D eigenvalue weighted by molar-refractivity contribution is 6.44. The molecule has 0 saturated heterocycles. The number of rotatable bonds is 6. The molecule has 1 fully saturated rings. The first kappa shape index (κ1) is 21.3. The number of fused-ring (bicyclic) bond motifs is 1. The van der Waals surface area contributed by atoms with Crippen LogP contribution in [0.4, 0.5) is 8.78 Å². The first-order valence-corrected chi connectivity index (χ1v) is 8.82. The van der Waals surface area contributed by atoms with Crippen LogP contribution in [0.3, 0.4) is 0 Å². The van der Waals surface area contributed by atoms with Gasteiger partial charge in [-0.1, -0.05) is 0 Å². The van der Waals surface area contributed by atoms with Crippen molar-refractivity contribution in [3.63, 3.8) is 0 Å². The van der Waals surface area contributed by atoms with Gasteiger partial charge in [0.15, 0.2) is 23.6 Å². The van der Waals surface area contributed by atoms with Gasteiger partial charge in [0, 0.05) is 26.7 Å². The zero-order chi connectivity index (χ0) is 22.2. The lowest BCUT2D eigenvalue weighted by Gasteiger charge is -2.13. The lowest BCUT2D eigenvalue weighted by molar-refractivity contribution is -0.675. The lowest BCUT2D eigenvalue weighted by atomic mass is 10.1. The summed E-state index contributed by atoms with van der Waals surface area (Å²) in [6, 6.07) is 0.588. The lowest BCUT2D eigenvalue weighted by Crippen LogP contribution is -2.37. The third-order valence-electron chi connectivity index (χ3n) is 4.28. The standard InChI is InChI=1S/C18H16BF2NO8/c1-8(23)28-19(29-9(2)24)30-18(26)12-7-22(10-4-5-10)15-11(16(12)25)6-13(20)14(21)17(15)27-3/h6-7,10H,4-5H2,1-3H3/p+1. The maximum Gasteiger partial charge on any atom is 0.870 e. The number of nitrogens with zero attached hydrogens (tertiary/aromatic N) is 1. The highest BCUT2D eigenvalue weighted by Gasteiger charge is 2.41. The van der Waals surface area contributed by atoms with Crippen molar-refractivity contribution in [2.24, 2.45) is 0 Å². The number of aromatic nitrogens is 1. The van der Waals surface area contributed by atoms with Crippen LogP contribution in [-0.2, 0) is 23.6 Å². The van der Waals surface area contributed by atoms with E-state index in [2.05, 4.69) is 9.31 Å². The van der Waals surface area contributed by atoms with Gasteiger partial charge >= 0.3 is 13.3 Å².